The lowest BCUT2D eigenvalue weighted by Crippen LogP contribution is -2.27. The maximum atomic E-state index is 11.1. The lowest BCUT2D eigenvalue weighted by atomic mass is 9.81. The molecule has 0 aliphatic heterocycles. The number of carboxylic acids is 1. The molecule has 74 valence electrons. The minimum absolute atomic E-state index is 0.418. The maximum Gasteiger partial charge on any atom is 0.309 e. The fraction of sp³-hybridized carbons (Fsp3) is 0.727. The van der Waals surface area contributed by atoms with Crippen LogP contribution in [0.15, 0.2) is 12.2 Å². The summed E-state index contributed by atoms with van der Waals surface area (Å²) in [5.41, 5.74) is 0.673. The first-order valence-corrected chi connectivity index (χ1v) is 4.95. The Morgan fingerprint density at radius 1 is 1.46 bits per heavy atom. The van der Waals surface area contributed by atoms with E-state index in [9.17, 15) is 4.79 Å². The Morgan fingerprint density at radius 3 is 2.38 bits per heavy atom. The van der Waals surface area contributed by atoms with Crippen molar-refractivity contribution in [2.45, 2.75) is 45.4 Å². The van der Waals surface area contributed by atoms with E-state index >= 15 is 0 Å². The normalized spacial score (nSPS) is 20.1. The minimum Gasteiger partial charge on any atom is -0.481 e. The summed E-state index contributed by atoms with van der Waals surface area (Å²) >= 11 is 0. The summed E-state index contributed by atoms with van der Waals surface area (Å²) in [5.74, 6) is -0.605. The number of rotatable bonds is 4. The fourth-order valence-corrected chi connectivity index (χ4v) is 2.08. The summed E-state index contributed by atoms with van der Waals surface area (Å²) in [6, 6.07) is 0. The molecule has 1 fully saturated rings. The topological polar surface area (TPSA) is 37.3 Å². The van der Waals surface area contributed by atoms with E-state index in [2.05, 4.69) is 6.58 Å². The molecule has 2 nitrogen and oxygen atoms in total. The van der Waals surface area contributed by atoms with Gasteiger partial charge in [-0.1, -0.05) is 18.4 Å². The van der Waals surface area contributed by atoms with Crippen LogP contribution in [0.3, 0.4) is 0 Å². The van der Waals surface area contributed by atoms with E-state index in [-0.39, 0.29) is 0 Å². The highest BCUT2D eigenvalue weighted by atomic mass is 16.4. The number of allylic oxidation sites excluding steroid dienone is 1. The van der Waals surface area contributed by atoms with Gasteiger partial charge in [0.15, 0.2) is 0 Å². The molecular formula is C11H18O2. The molecule has 0 atom stereocenters. The Kier molecular flexibility index (Phi) is 3.12. The van der Waals surface area contributed by atoms with E-state index in [1.807, 2.05) is 6.92 Å². The van der Waals surface area contributed by atoms with Gasteiger partial charge >= 0.3 is 5.97 Å². The first-order chi connectivity index (χ1) is 6.07. The zero-order chi connectivity index (χ0) is 9.90. The van der Waals surface area contributed by atoms with Crippen molar-refractivity contribution in [3.05, 3.63) is 12.2 Å². The van der Waals surface area contributed by atoms with Crippen molar-refractivity contribution in [1.82, 2.24) is 0 Å². The van der Waals surface area contributed by atoms with Crippen LogP contribution in [-0.4, -0.2) is 11.1 Å². The molecular weight excluding hydrogens is 164 g/mol. The first-order valence-electron chi connectivity index (χ1n) is 4.95. The van der Waals surface area contributed by atoms with Gasteiger partial charge in [-0.2, -0.15) is 0 Å². The van der Waals surface area contributed by atoms with Crippen LogP contribution < -0.4 is 0 Å². The predicted molar refractivity (Wildman–Crippen MR) is 52.6 cm³/mol. The zero-order valence-corrected chi connectivity index (χ0v) is 8.31. The molecule has 0 spiro atoms. The molecule has 0 heterocycles. The highest BCUT2D eigenvalue weighted by Gasteiger charge is 2.40. The van der Waals surface area contributed by atoms with Crippen molar-refractivity contribution in [2.75, 3.05) is 0 Å². The predicted octanol–water partition coefficient (Wildman–Crippen LogP) is 2.99. The van der Waals surface area contributed by atoms with Gasteiger partial charge in [-0.05, 0) is 32.6 Å². The molecule has 0 aromatic rings. The molecule has 0 saturated heterocycles. The summed E-state index contributed by atoms with van der Waals surface area (Å²) < 4.78 is 0. The Bertz CT molecular complexity index is 212. The number of hydrogen-bond donors (Lipinski definition) is 1. The van der Waals surface area contributed by atoms with Crippen molar-refractivity contribution < 1.29 is 9.90 Å². The lowest BCUT2D eigenvalue weighted by Gasteiger charge is -2.23. The van der Waals surface area contributed by atoms with E-state index in [4.69, 9.17) is 5.11 Å². The summed E-state index contributed by atoms with van der Waals surface area (Å²) in [5, 5.41) is 9.15. The van der Waals surface area contributed by atoms with Gasteiger partial charge in [0.2, 0.25) is 0 Å². The lowest BCUT2D eigenvalue weighted by molar-refractivity contribution is -0.149. The molecule has 1 rings (SSSR count). The highest BCUT2D eigenvalue weighted by Crippen LogP contribution is 2.42. The molecule has 1 saturated carbocycles. The monoisotopic (exact) mass is 182 g/mol. The second kappa shape index (κ2) is 3.95. The van der Waals surface area contributed by atoms with Gasteiger partial charge < -0.3 is 5.11 Å². The van der Waals surface area contributed by atoms with E-state index in [1.165, 1.54) is 0 Å². The van der Waals surface area contributed by atoms with Gasteiger partial charge in [0.25, 0.3) is 0 Å². The van der Waals surface area contributed by atoms with Crippen LogP contribution in [0.5, 0.6) is 0 Å². The minimum atomic E-state index is -0.605. The fourth-order valence-electron chi connectivity index (χ4n) is 2.08. The van der Waals surface area contributed by atoms with Crippen molar-refractivity contribution in [2.24, 2.45) is 5.41 Å². The third-order valence-electron chi connectivity index (χ3n) is 3.04. The van der Waals surface area contributed by atoms with Crippen LogP contribution in [0.4, 0.5) is 0 Å². The molecule has 0 amide bonds. The molecule has 2 heteroatoms. The zero-order valence-electron chi connectivity index (χ0n) is 8.31. The van der Waals surface area contributed by atoms with Gasteiger partial charge in [0, 0.05) is 0 Å². The SMILES string of the molecule is C=C(C)CCC1(C(=O)O)CCCC1. The molecule has 1 aliphatic carbocycles. The summed E-state index contributed by atoms with van der Waals surface area (Å²) in [4.78, 5) is 11.1. The standard InChI is InChI=1S/C11H18O2/c1-9(2)5-8-11(10(12)13)6-3-4-7-11/h1,3-8H2,2H3,(H,12,13). The van der Waals surface area contributed by atoms with E-state index < -0.39 is 11.4 Å². The number of carboxylic acid groups (broad SMARTS) is 1. The molecule has 0 bridgehead atoms. The van der Waals surface area contributed by atoms with Gasteiger partial charge in [0.05, 0.1) is 5.41 Å². The van der Waals surface area contributed by atoms with Crippen LogP contribution in [0.25, 0.3) is 0 Å². The van der Waals surface area contributed by atoms with Crippen LogP contribution in [-0.2, 0) is 4.79 Å². The Hall–Kier alpha value is -0.790. The van der Waals surface area contributed by atoms with E-state index in [1.54, 1.807) is 0 Å². The van der Waals surface area contributed by atoms with Gasteiger partial charge in [-0.25, -0.2) is 0 Å². The molecule has 1 N–H and O–H groups in total. The first kappa shape index (κ1) is 10.3. The Labute approximate surface area is 79.6 Å². The summed E-state index contributed by atoms with van der Waals surface area (Å²) in [7, 11) is 0. The van der Waals surface area contributed by atoms with E-state index in [0.717, 1.165) is 44.1 Å². The smallest absolute Gasteiger partial charge is 0.309 e. The third-order valence-corrected chi connectivity index (χ3v) is 3.04. The second-order valence-electron chi connectivity index (χ2n) is 4.25. The second-order valence-corrected chi connectivity index (χ2v) is 4.25. The average Bonchev–Trinajstić information content (AvgIpc) is 2.50. The third kappa shape index (κ3) is 2.33. The van der Waals surface area contributed by atoms with Gasteiger partial charge in [-0.15, -0.1) is 6.58 Å². The molecule has 13 heavy (non-hydrogen) atoms. The van der Waals surface area contributed by atoms with Crippen LogP contribution in [0.1, 0.15) is 45.4 Å². The molecule has 0 unspecified atom stereocenters. The van der Waals surface area contributed by atoms with Gasteiger partial charge in [-0.3, -0.25) is 4.79 Å². The van der Waals surface area contributed by atoms with Crippen LogP contribution in [0.2, 0.25) is 0 Å². The number of hydrogen-bond acceptors (Lipinski definition) is 1. The van der Waals surface area contributed by atoms with Crippen molar-refractivity contribution in [1.29, 1.82) is 0 Å². The van der Waals surface area contributed by atoms with Crippen LogP contribution in [0, 0.1) is 5.41 Å². The molecule has 1 aliphatic rings. The molecule has 0 radical (unpaired) electrons. The summed E-state index contributed by atoms with van der Waals surface area (Å²) in [6.07, 6.45) is 5.49. The van der Waals surface area contributed by atoms with Crippen molar-refractivity contribution in [3.8, 4) is 0 Å². The van der Waals surface area contributed by atoms with Crippen molar-refractivity contribution >= 4 is 5.97 Å². The quantitative estimate of drug-likeness (QED) is 0.678. The van der Waals surface area contributed by atoms with Crippen LogP contribution >= 0.6 is 0 Å². The van der Waals surface area contributed by atoms with E-state index in [0.29, 0.717) is 0 Å². The number of aliphatic carboxylic acids is 1. The van der Waals surface area contributed by atoms with Crippen molar-refractivity contribution in [3.63, 3.8) is 0 Å². The largest absolute Gasteiger partial charge is 0.481 e. The Balaban J connectivity index is 2.57. The Morgan fingerprint density at radius 2 is 2.00 bits per heavy atom. The maximum absolute atomic E-state index is 11.1. The van der Waals surface area contributed by atoms with Gasteiger partial charge in [0.1, 0.15) is 0 Å². The highest BCUT2D eigenvalue weighted by molar-refractivity contribution is 5.75. The molecule has 0 aromatic carbocycles. The molecule has 0 aromatic heterocycles. The number of carbonyl (C=O) groups is 1. The average molecular weight is 182 g/mol. The summed E-state index contributed by atoms with van der Waals surface area (Å²) in [6.45, 7) is 5.78.